The van der Waals surface area contributed by atoms with Crippen molar-refractivity contribution in [3.05, 3.63) is 48.0 Å². The molecule has 1 fully saturated rings. The van der Waals surface area contributed by atoms with Crippen LogP contribution in [-0.4, -0.2) is 23.6 Å². The van der Waals surface area contributed by atoms with Gasteiger partial charge in [0.25, 0.3) is 0 Å². The number of benzene rings is 2. The predicted molar refractivity (Wildman–Crippen MR) is 83.8 cm³/mol. The van der Waals surface area contributed by atoms with Crippen LogP contribution in [0.15, 0.2) is 42.5 Å². The van der Waals surface area contributed by atoms with Crippen LogP contribution in [0.4, 0.5) is 0 Å². The second kappa shape index (κ2) is 5.01. The lowest BCUT2D eigenvalue weighted by molar-refractivity contribution is 0.0989. The number of fused-ring (bicyclic) bond motifs is 3. The van der Waals surface area contributed by atoms with Crippen LogP contribution in [-0.2, 0) is 11.3 Å². The Morgan fingerprint density at radius 1 is 1.14 bits per heavy atom. The van der Waals surface area contributed by atoms with Gasteiger partial charge in [0.15, 0.2) is 0 Å². The third-order valence-corrected chi connectivity index (χ3v) is 4.34. The quantitative estimate of drug-likeness (QED) is 0.683. The van der Waals surface area contributed by atoms with E-state index in [-0.39, 0.29) is 6.10 Å². The smallest absolute Gasteiger partial charge is 0.150 e. The number of nitrogens with zero attached hydrogens (tertiary/aromatic N) is 1. The molecule has 3 nitrogen and oxygen atoms in total. The second-order valence-electron chi connectivity index (χ2n) is 5.66. The van der Waals surface area contributed by atoms with Gasteiger partial charge in [-0.05, 0) is 25.0 Å². The zero-order valence-electron chi connectivity index (χ0n) is 11.8. The van der Waals surface area contributed by atoms with Gasteiger partial charge in [-0.25, -0.2) is 0 Å². The van der Waals surface area contributed by atoms with Gasteiger partial charge in [0, 0.05) is 40.5 Å². The summed E-state index contributed by atoms with van der Waals surface area (Å²) in [6, 6.07) is 14.3. The van der Waals surface area contributed by atoms with Gasteiger partial charge in [-0.1, -0.05) is 30.3 Å². The Balaban J connectivity index is 1.96. The largest absolute Gasteiger partial charge is 0.376 e. The Labute approximate surface area is 123 Å². The van der Waals surface area contributed by atoms with Crippen molar-refractivity contribution in [1.82, 2.24) is 4.57 Å². The molecule has 1 aromatic heterocycles. The van der Waals surface area contributed by atoms with E-state index in [4.69, 9.17) is 4.74 Å². The lowest BCUT2D eigenvalue weighted by Gasteiger charge is -2.13. The lowest BCUT2D eigenvalue weighted by atomic mass is 10.1. The van der Waals surface area contributed by atoms with Crippen LogP contribution in [0.5, 0.6) is 0 Å². The molecule has 1 unspecified atom stereocenters. The highest BCUT2D eigenvalue weighted by atomic mass is 16.5. The number of carbonyl (C=O) groups excluding carboxylic acids is 1. The highest BCUT2D eigenvalue weighted by molar-refractivity contribution is 6.09. The highest BCUT2D eigenvalue weighted by Gasteiger charge is 2.19. The average molecular weight is 279 g/mol. The van der Waals surface area contributed by atoms with Crippen molar-refractivity contribution in [3.63, 3.8) is 0 Å². The predicted octanol–water partition coefficient (Wildman–Crippen LogP) is 3.79. The topological polar surface area (TPSA) is 31.2 Å². The zero-order chi connectivity index (χ0) is 14.2. The van der Waals surface area contributed by atoms with E-state index >= 15 is 0 Å². The molecule has 106 valence electrons. The molecular weight excluding hydrogens is 262 g/mol. The van der Waals surface area contributed by atoms with Crippen molar-refractivity contribution in [2.45, 2.75) is 25.5 Å². The van der Waals surface area contributed by atoms with Crippen LogP contribution in [0.2, 0.25) is 0 Å². The van der Waals surface area contributed by atoms with Crippen molar-refractivity contribution in [2.75, 3.05) is 6.61 Å². The van der Waals surface area contributed by atoms with Crippen LogP contribution in [0.25, 0.3) is 21.8 Å². The van der Waals surface area contributed by atoms with Gasteiger partial charge in [0.05, 0.1) is 6.10 Å². The number of ether oxygens (including phenoxy) is 1. The van der Waals surface area contributed by atoms with E-state index in [1.807, 2.05) is 18.2 Å². The maximum absolute atomic E-state index is 11.1. The maximum Gasteiger partial charge on any atom is 0.150 e. The molecule has 0 radical (unpaired) electrons. The van der Waals surface area contributed by atoms with Crippen molar-refractivity contribution in [2.24, 2.45) is 0 Å². The molecule has 0 amide bonds. The summed E-state index contributed by atoms with van der Waals surface area (Å²) in [5, 5.41) is 2.44. The van der Waals surface area contributed by atoms with E-state index < -0.39 is 0 Å². The molecule has 0 N–H and O–H groups in total. The molecule has 0 spiro atoms. The Morgan fingerprint density at radius 3 is 2.81 bits per heavy atom. The van der Waals surface area contributed by atoms with Crippen molar-refractivity contribution in [3.8, 4) is 0 Å². The minimum Gasteiger partial charge on any atom is -0.376 e. The molecule has 1 atom stereocenters. The van der Waals surface area contributed by atoms with E-state index in [9.17, 15) is 4.79 Å². The standard InChI is InChI=1S/C18H17NO2/c20-12-13-7-8-16-15-5-1-2-6-17(15)19(18(16)10-13)11-14-4-3-9-21-14/h1-2,5-8,10,12,14H,3-4,9,11H2. The molecular formula is C18H17NO2. The lowest BCUT2D eigenvalue weighted by Crippen LogP contribution is -2.14. The van der Waals surface area contributed by atoms with Crippen molar-refractivity contribution < 1.29 is 9.53 Å². The van der Waals surface area contributed by atoms with Gasteiger partial charge in [0.2, 0.25) is 0 Å². The van der Waals surface area contributed by atoms with Crippen LogP contribution in [0, 0.1) is 0 Å². The minimum absolute atomic E-state index is 0.281. The summed E-state index contributed by atoms with van der Waals surface area (Å²) < 4.78 is 8.09. The molecule has 1 saturated heterocycles. The molecule has 2 heterocycles. The fourth-order valence-corrected chi connectivity index (χ4v) is 3.33. The molecule has 21 heavy (non-hydrogen) atoms. The number of aromatic nitrogens is 1. The number of hydrogen-bond donors (Lipinski definition) is 0. The van der Waals surface area contributed by atoms with Crippen molar-refractivity contribution >= 4 is 28.1 Å². The first-order valence-corrected chi connectivity index (χ1v) is 7.44. The van der Waals surface area contributed by atoms with E-state index in [2.05, 4.69) is 28.8 Å². The maximum atomic E-state index is 11.1. The molecule has 1 aliphatic rings. The normalized spacial score (nSPS) is 18.6. The number of aldehydes is 1. The Bertz CT molecular complexity index is 813. The van der Waals surface area contributed by atoms with Crippen LogP contribution < -0.4 is 0 Å². The van der Waals surface area contributed by atoms with E-state index in [1.54, 1.807) is 0 Å². The molecule has 3 heteroatoms. The number of carbonyl (C=O) groups is 1. The summed E-state index contributed by atoms with van der Waals surface area (Å²) in [5.74, 6) is 0. The summed E-state index contributed by atoms with van der Waals surface area (Å²) in [6.07, 6.45) is 3.44. The fourth-order valence-electron chi connectivity index (χ4n) is 3.33. The van der Waals surface area contributed by atoms with Gasteiger partial charge in [-0.2, -0.15) is 0 Å². The minimum atomic E-state index is 0.281. The summed E-state index contributed by atoms with van der Waals surface area (Å²) >= 11 is 0. The number of para-hydroxylation sites is 1. The third-order valence-electron chi connectivity index (χ3n) is 4.34. The highest BCUT2D eigenvalue weighted by Crippen LogP contribution is 2.30. The van der Waals surface area contributed by atoms with Crippen LogP contribution in [0.1, 0.15) is 23.2 Å². The Morgan fingerprint density at radius 2 is 2.00 bits per heavy atom. The number of hydrogen-bond acceptors (Lipinski definition) is 2. The average Bonchev–Trinajstić information content (AvgIpc) is 3.15. The second-order valence-corrected chi connectivity index (χ2v) is 5.66. The summed E-state index contributed by atoms with van der Waals surface area (Å²) in [6.45, 7) is 1.72. The van der Waals surface area contributed by atoms with Crippen molar-refractivity contribution in [1.29, 1.82) is 0 Å². The SMILES string of the molecule is O=Cc1ccc2c3ccccc3n(CC3CCCO3)c2c1. The Hall–Kier alpha value is -2.13. The first-order valence-electron chi connectivity index (χ1n) is 7.44. The first-order chi connectivity index (χ1) is 10.4. The van der Waals surface area contributed by atoms with Gasteiger partial charge in [-0.3, -0.25) is 4.79 Å². The molecule has 0 aliphatic carbocycles. The van der Waals surface area contributed by atoms with E-state index in [0.29, 0.717) is 0 Å². The zero-order valence-corrected chi connectivity index (χ0v) is 11.8. The van der Waals surface area contributed by atoms with Crippen LogP contribution >= 0.6 is 0 Å². The van der Waals surface area contributed by atoms with Gasteiger partial charge >= 0.3 is 0 Å². The monoisotopic (exact) mass is 279 g/mol. The number of rotatable bonds is 3. The molecule has 2 aromatic carbocycles. The van der Waals surface area contributed by atoms with E-state index in [1.165, 1.54) is 16.3 Å². The molecule has 0 saturated carbocycles. The molecule has 3 aromatic rings. The van der Waals surface area contributed by atoms with Gasteiger partial charge in [0.1, 0.15) is 6.29 Å². The summed E-state index contributed by atoms with van der Waals surface area (Å²) in [5.41, 5.74) is 3.06. The van der Waals surface area contributed by atoms with E-state index in [0.717, 1.165) is 43.4 Å². The Kier molecular flexibility index (Phi) is 3.00. The van der Waals surface area contributed by atoms with Crippen LogP contribution in [0.3, 0.4) is 0 Å². The summed E-state index contributed by atoms with van der Waals surface area (Å²) in [4.78, 5) is 11.1. The fraction of sp³-hybridized carbons (Fsp3) is 0.278. The molecule has 1 aliphatic heterocycles. The third kappa shape index (κ3) is 2.05. The van der Waals surface area contributed by atoms with Gasteiger partial charge in [-0.15, -0.1) is 0 Å². The molecule has 0 bridgehead atoms. The molecule has 4 rings (SSSR count). The van der Waals surface area contributed by atoms with Gasteiger partial charge < -0.3 is 9.30 Å². The summed E-state index contributed by atoms with van der Waals surface area (Å²) in [7, 11) is 0. The first kappa shape index (κ1) is 12.6.